The fourth-order valence-corrected chi connectivity index (χ4v) is 1.49. The normalized spacial score (nSPS) is 10.2. The number of methoxy groups -OCH3 is 1. The number of hydrogen-bond acceptors (Lipinski definition) is 4. The van der Waals surface area contributed by atoms with Crippen LogP contribution in [0.15, 0.2) is 30.5 Å². The van der Waals surface area contributed by atoms with Crippen LogP contribution in [0.2, 0.25) is 0 Å². The summed E-state index contributed by atoms with van der Waals surface area (Å²) in [5.74, 6) is -0.281. The van der Waals surface area contributed by atoms with Crippen LogP contribution >= 0.6 is 0 Å². The molecule has 0 atom stereocenters. The van der Waals surface area contributed by atoms with Gasteiger partial charge in [-0.1, -0.05) is 17.3 Å². The highest BCUT2D eigenvalue weighted by molar-refractivity contribution is 5.68. The summed E-state index contributed by atoms with van der Waals surface area (Å²) in [6, 6.07) is 7.36. The van der Waals surface area contributed by atoms with Gasteiger partial charge in [0, 0.05) is 5.56 Å². The minimum atomic E-state index is -0.957. The molecule has 0 radical (unpaired) electrons. The highest BCUT2D eigenvalue weighted by atomic mass is 16.5. The summed E-state index contributed by atoms with van der Waals surface area (Å²) in [6.45, 7) is -0.206. The molecule has 0 bridgehead atoms. The molecule has 1 aromatic carbocycles. The molecule has 6 heteroatoms. The van der Waals surface area contributed by atoms with Crippen molar-refractivity contribution in [3.63, 3.8) is 0 Å². The standard InChI is InChI=1S/C11H11N3O3/c1-17-10-5-3-2-4-8(10)9-6-14(13-12-9)7-11(15)16/h2-6H,7H2,1H3,(H,15,16). The average Bonchev–Trinajstić information content (AvgIpc) is 2.76. The molecule has 0 aliphatic heterocycles. The summed E-state index contributed by atoms with van der Waals surface area (Å²) < 4.78 is 6.46. The fourth-order valence-electron chi connectivity index (χ4n) is 1.49. The van der Waals surface area contributed by atoms with Crippen molar-refractivity contribution in [3.05, 3.63) is 30.5 Å². The predicted molar refractivity (Wildman–Crippen MR) is 59.6 cm³/mol. The lowest BCUT2D eigenvalue weighted by Gasteiger charge is -2.03. The largest absolute Gasteiger partial charge is 0.496 e. The van der Waals surface area contributed by atoms with Gasteiger partial charge in [0.25, 0.3) is 0 Å². The number of carboxylic acids is 1. The van der Waals surface area contributed by atoms with Crippen LogP contribution in [0.5, 0.6) is 5.75 Å². The molecule has 0 saturated carbocycles. The van der Waals surface area contributed by atoms with Crippen LogP contribution in [0.4, 0.5) is 0 Å². The van der Waals surface area contributed by atoms with Crippen molar-refractivity contribution in [1.82, 2.24) is 15.0 Å². The van der Waals surface area contributed by atoms with Gasteiger partial charge in [-0.15, -0.1) is 5.10 Å². The Morgan fingerprint density at radius 1 is 1.47 bits per heavy atom. The Balaban J connectivity index is 2.33. The number of nitrogens with zero attached hydrogens (tertiary/aromatic N) is 3. The second-order valence-corrected chi connectivity index (χ2v) is 3.40. The molecule has 88 valence electrons. The van der Waals surface area contributed by atoms with E-state index in [4.69, 9.17) is 9.84 Å². The first-order chi connectivity index (χ1) is 8.20. The molecule has 2 aromatic rings. The molecule has 6 nitrogen and oxygen atoms in total. The third kappa shape index (κ3) is 2.41. The van der Waals surface area contributed by atoms with E-state index < -0.39 is 5.97 Å². The molecule has 1 heterocycles. The zero-order valence-electron chi connectivity index (χ0n) is 9.20. The van der Waals surface area contributed by atoms with Crippen LogP contribution in [-0.2, 0) is 11.3 Å². The zero-order valence-corrected chi connectivity index (χ0v) is 9.20. The number of rotatable bonds is 4. The van der Waals surface area contributed by atoms with Crippen molar-refractivity contribution in [2.24, 2.45) is 0 Å². The molecule has 17 heavy (non-hydrogen) atoms. The molecule has 0 amide bonds. The summed E-state index contributed by atoms with van der Waals surface area (Å²) in [5, 5.41) is 16.3. The monoisotopic (exact) mass is 233 g/mol. The Morgan fingerprint density at radius 3 is 2.94 bits per heavy atom. The maximum Gasteiger partial charge on any atom is 0.325 e. The smallest absolute Gasteiger partial charge is 0.325 e. The van der Waals surface area contributed by atoms with Crippen molar-refractivity contribution in [2.45, 2.75) is 6.54 Å². The van der Waals surface area contributed by atoms with Crippen molar-refractivity contribution in [3.8, 4) is 17.0 Å². The number of aliphatic carboxylic acids is 1. The molecule has 0 saturated heterocycles. The van der Waals surface area contributed by atoms with Gasteiger partial charge in [-0.3, -0.25) is 4.79 Å². The summed E-state index contributed by atoms with van der Waals surface area (Å²) in [7, 11) is 1.57. The average molecular weight is 233 g/mol. The molecular formula is C11H11N3O3. The van der Waals surface area contributed by atoms with E-state index in [0.29, 0.717) is 11.4 Å². The first-order valence-corrected chi connectivity index (χ1v) is 4.96. The Bertz CT molecular complexity index is 536. The fraction of sp³-hybridized carbons (Fsp3) is 0.182. The van der Waals surface area contributed by atoms with Gasteiger partial charge in [0.2, 0.25) is 0 Å². The second-order valence-electron chi connectivity index (χ2n) is 3.40. The highest BCUT2D eigenvalue weighted by Crippen LogP contribution is 2.27. The van der Waals surface area contributed by atoms with E-state index in [1.165, 1.54) is 4.68 Å². The Labute approximate surface area is 97.4 Å². The second kappa shape index (κ2) is 4.65. The SMILES string of the molecule is COc1ccccc1-c1cn(CC(=O)O)nn1. The summed E-state index contributed by atoms with van der Waals surface area (Å²) in [4.78, 5) is 10.5. The molecule has 1 N–H and O–H groups in total. The third-order valence-electron chi connectivity index (χ3n) is 2.22. The Hall–Kier alpha value is -2.37. The van der Waals surface area contributed by atoms with Crippen LogP contribution < -0.4 is 4.74 Å². The Morgan fingerprint density at radius 2 is 2.24 bits per heavy atom. The summed E-state index contributed by atoms with van der Waals surface area (Å²) >= 11 is 0. The van der Waals surface area contributed by atoms with Crippen LogP contribution in [0.25, 0.3) is 11.3 Å². The molecule has 0 fully saturated rings. The van der Waals surface area contributed by atoms with E-state index in [9.17, 15) is 4.79 Å². The number of aromatic nitrogens is 3. The van der Waals surface area contributed by atoms with Crippen molar-refractivity contribution in [2.75, 3.05) is 7.11 Å². The Kier molecular flexibility index (Phi) is 3.04. The zero-order chi connectivity index (χ0) is 12.3. The highest BCUT2D eigenvalue weighted by Gasteiger charge is 2.10. The number of ether oxygens (including phenoxy) is 1. The lowest BCUT2D eigenvalue weighted by Crippen LogP contribution is -2.08. The predicted octanol–water partition coefficient (Wildman–Crippen LogP) is 1.04. The van der Waals surface area contributed by atoms with Gasteiger partial charge in [0.05, 0.1) is 13.3 Å². The quantitative estimate of drug-likeness (QED) is 0.853. The number of benzene rings is 1. The molecule has 0 aliphatic carbocycles. The van der Waals surface area contributed by atoms with Gasteiger partial charge >= 0.3 is 5.97 Å². The van der Waals surface area contributed by atoms with Crippen LogP contribution in [0, 0.1) is 0 Å². The number of hydrogen-bond donors (Lipinski definition) is 1. The van der Waals surface area contributed by atoms with E-state index in [2.05, 4.69) is 10.3 Å². The van der Waals surface area contributed by atoms with E-state index >= 15 is 0 Å². The van der Waals surface area contributed by atoms with Crippen molar-refractivity contribution in [1.29, 1.82) is 0 Å². The molecule has 0 aliphatic rings. The first kappa shape index (κ1) is 11.1. The van der Waals surface area contributed by atoms with Gasteiger partial charge in [-0.2, -0.15) is 0 Å². The van der Waals surface area contributed by atoms with E-state index in [0.717, 1.165) is 5.56 Å². The molecule has 2 rings (SSSR count). The molecule has 1 aromatic heterocycles. The maximum atomic E-state index is 10.5. The summed E-state index contributed by atoms with van der Waals surface area (Å²) in [5.41, 5.74) is 1.37. The maximum absolute atomic E-state index is 10.5. The first-order valence-electron chi connectivity index (χ1n) is 4.96. The van der Waals surface area contributed by atoms with Crippen molar-refractivity contribution >= 4 is 5.97 Å². The number of para-hydroxylation sites is 1. The third-order valence-corrected chi connectivity index (χ3v) is 2.22. The summed E-state index contributed by atoms with van der Waals surface area (Å²) in [6.07, 6.45) is 1.58. The van der Waals surface area contributed by atoms with Gasteiger partial charge in [-0.25, -0.2) is 4.68 Å². The lowest BCUT2D eigenvalue weighted by atomic mass is 10.1. The molecular weight excluding hydrogens is 222 g/mol. The van der Waals surface area contributed by atoms with E-state index in [1.807, 2.05) is 24.3 Å². The minimum Gasteiger partial charge on any atom is -0.496 e. The minimum absolute atomic E-state index is 0.206. The number of carboxylic acid groups (broad SMARTS) is 1. The van der Waals surface area contributed by atoms with Crippen LogP contribution in [0.1, 0.15) is 0 Å². The van der Waals surface area contributed by atoms with Gasteiger partial charge in [-0.05, 0) is 12.1 Å². The van der Waals surface area contributed by atoms with E-state index in [-0.39, 0.29) is 6.54 Å². The van der Waals surface area contributed by atoms with Crippen LogP contribution in [-0.4, -0.2) is 33.2 Å². The number of carbonyl (C=O) groups is 1. The molecule has 0 spiro atoms. The van der Waals surface area contributed by atoms with Gasteiger partial charge in [0.1, 0.15) is 18.0 Å². The van der Waals surface area contributed by atoms with Crippen molar-refractivity contribution < 1.29 is 14.6 Å². The van der Waals surface area contributed by atoms with E-state index in [1.54, 1.807) is 13.3 Å². The topological polar surface area (TPSA) is 77.2 Å². The van der Waals surface area contributed by atoms with Gasteiger partial charge < -0.3 is 9.84 Å². The van der Waals surface area contributed by atoms with Gasteiger partial charge in [0.15, 0.2) is 0 Å². The lowest BCUT2D eigenvalue weighted by molar-refractivity contribution is -0.137. The molecule has 0 unspecified atom stereocenters. The van der Waals surface area contributed by atoms with Crippen LogP contribution in [0.3, 0.4) is 0 Å².